The molecule has 1 aliphatic carbocycles. The molecule has 2 N–H and O–H groups in total. The maximum Gasteiger partial charge on any atom is 0.339 e. The van der Waals surface area contributed by atoms with Gasteiger partial charge in [-0.05, 0) is 18.8 Å². The van der Waals surface area contributed by atoms with Crippen LogP contribution in [0.5, 0.6) is 0 Å². The Morgan fingerprint density at radius 3 is 3.05 bits per heavy atom. The third kappa shape index (κ3) is 3.35. The molecular weight excluding hydrogens is 242 g/mol. The van der Waals surface area contributed by atoms with E-state index in [1.807, 2.05) is 0 Å². The van der Waals surface area contributed by atoms with Gasteiger partial charge in [0, 0.05) is 19.6 Å². The highest BCUT2D eigenvalue weighted by Crippen LogP contribution is 2.26. The number of aromatic nitrogens is 2. The summed E-state index contributed by atoms with van der Waals surface area (Å²) in [5.74, 6) is -0.0864. The molecule has 5 nitrogen and oxygen atoms in total. The molecule has 2 rings (SSSR count). The van der Waals surface area contributed by atoms with E-state index >= 15 is 0 Å². The molecule has 0 aliphatic heterocycles. The summed E-state index contributed by atoms with van der Waals surface area (Å²) in [5, 5.41) is 16.6. The lowest BCUT2D eigenvalue weighted by molar-refractivity contribution is 0.0695. The number of carboxylic acid groups (broad SMARTS) is 1. The number of carboxylic acids is 1. The summed E-state index contributed by atoms with van der Waals surface area (Å²) >= 11 is 0. The zero-order chi connectivity index (χ0) is 13.8. The number of nitrogens with one attached hydrogen (secondary N) is 1. The molecule has 1 aromatic heterocycles. The molecule has 0 spiro atoms. The standard InChI is InChI=1S/C14H23N3O2/c1-3-10-5-4-6-11(7-10)15-9-13-12(14(18)19)8-16-17(13)2/h8,10-11,15H,3-7,9H2,1-2H3,(H,18,19). The molecule has 19 heavy (non-hydrogen) atoms. The Morgan fingerprint density at radius 2 is 2.37 bits per heavy atom. The summed E-state index contributed by atoms with van der Waals surface area (Å²) in [4.78, 5) is 11.1. The first kappa shape index (κ1) is 14.1. The van der Waals surface area contributed by atoms with Crippen LogP contribution in [0, 0.1) is 5.92 Å². The first-order valence-electron chi connectivity index (χ1n) is 7.09. The summed E-state index contributed by atoms with van der Waals surface area (Å²) < 4.78 is 1.65. The second-order valence-electron chi connectivity index (χ2n) is 5.45. The van der Waals surface area contributed by atoms with Gasteiger partial charge in [-0.15, -0.1) is 0 Å². The number of rotatable bonds is 5. The third-order valence-electron chi connectivity index (χ3n) is 4.21. The maximum absolute atomic E-state index is 11.1. The molecule has 1 saturated carbocycles. The minimum absolute atomic E-state index is 0.304. The number of carbonyl (C=O) groups is 1. The van der Waals surface area contributed by atoms with Crippen molar-refractivity contribution in [1.29, 1.82) is 0 Å². The Kier molecular flexibility index (Phi) is 4.58. The molecule has 5 heteroatoms. The summed E-state index contributed by atoms with van der Waals surface area (Å²) in [6.45, 7) is 2.83. The van der Waals surface area contributed by atoms with Gasteiger partial charge in [-0.25, -0.2) is 4.79 Å². The fourth-order valence-electron chi connectivity index (χ4n) is 2.94. The normalized spacial score (nSPS) is 23.5. The molecule has 1 aromatic rings. The van der Waals surface area contributed by atoms with Gasteiger partial charge < -0.3 is 10.4 Å². The molecule has 0 aromatic carbocycles. The van der Waals surface area contributed by atoms with Crippen molar-refractivity contribution < 1.29 is 9.90 Å². The topological polar surface area (TPSA) is 67.2 Å². The molecule has 1 aliphatic rings. The Bertz CT molecular complexity index is 442. The van der Waals surface area contributed by atoms with Crippen LogP contribution in [0.15, 0.2) is 6.20 Å². The summed E-state index contributed by atoms with van der Waals surface area (Å²) in [6.07, 6.45) is 7.67. The minimum atomic E-state index is -0.903. The first-order chi connectivity index (χ1) is 9.11. The monoisotopic (exact) mass is 265 g/mol. The number of aromatic carboxylic acids is 1. The van der Waals surface area contributed by atoms with Crippen LogP contribution in [-0.4, -0.2) is 26.9 Å². The highest BCUT2D eigenvalue weighted by Gasteiger charge is 2.21. The second-order valence-corrected chi connectivity index (χ2v) is 5.45. The predicted octanol–water partition coefficient (Wildman–Crippen LogP) is 2.18. The van der Waals surface area contributed by atoms with Crippen molar-refractivity contribution in [2.75, 3.05) is 0 Å². The Labute approximate surface area is 114 Å². The van der Waals surface area contributed by atoms with E-state index in [0.717, 1.165) is 11.6 Å². The smallest absolute Gasteiger partial charge is 0.339 e. The Hall–Kier alpha value is -1.36. The molecule has 0 amide bonds. The van der Waals surface area contributed by atoms with Gasteiger partial charge in [0.2, 0.25) is 0 Å². The van der Waals surface area contributed by atoms with Crippen LogP contribution in [-0.2, 0) is 13.6 Å². The van der Waals surface area contributed by atoms with Crippen molar-refractivity contribution in [3.63, 3.8) is 0 Å². The lowest BCUT2D eigenvalue weighted by Crippen LogP contribution is -2.34. The predicted molar refractivity (Wildman–Crippen MR) is 73.0 cm³/mol. The van der Waals surface area contributed by atoms with E-state index in [4.69, 9.17) is 5.11 Å². The maximum atomic E-state index is 11.1. The van der Waals surface area contributed by atoms with Crippen molar-refractivity contribution in [1.82, 2.24) is 15.1 Å². The van der Waals surface area contributed by atoms with Gasteiger partial charge in [-0.3, -0.25) is 4.68 Å². The van der Waals surface area contributed by atoms with E-state index in [-0.39, 0.29) is 0 Å². The highest BCUT2D eigenvalue weighted by atomic mass is 16.4. The average molecular weight is 265 g/mol. The number of hydrogen-bond acceptors (Lipinski definition) is 3. The number of hydrogen-bond donors (Lipinski definition) is 2. The molecule has 106 valence electrons. The lowest BCUT2D eigenvalue weighted by Gasteiger charge is -2.29. The van der Waals surface area contributed by atoms with Crippen LogP contribution >= 0.6 is 0 Å². The molecule has 1 fully saturated rings. The van der Waals surface area contributed by atoms with E-state index in [1.165, 1.54) is 38.3 Å². The molecule has 0 saturated heterocycles. The van der Waals surface area contributed by atoms with Crippen LogP contribution in [0.1, 0.15) is 55.1 Å². The number of aryl methyl sites for hydroxylation is 1. The molecule has 0 radical (unpaired) electrons. The quantitative estimate of drug-likeness (QED) is 0.856. The highest BCUT2D eigenvalue weighted by molar-refractivity contribution is 5.88. The van der Waals surface area contributed by atoms with Gasteiger partial charge >= 0.3 is 5.97 Å². The lowest BCUT2D eigenvalue weighted by atomic mass is 9.84. The fraction of sp³-hybridized carbons (Fsp3) is 0.714. The summed E-state index contributed by atoms with van der Waals surface area (Å²) in [7, 11) is 1.79. The molecule has 1 heterocycles. The van der Waals surface area contributed by atoms with Crippen LogP contribution < -0.4 is 5.32 Å². The summed E-state index contributed by atoms with van der Waals surface area (Å²) in [6, 6.07) is 0.509. The minimum Gasteiger partial charge on any atom is -0.478 e. The molecule has 0 bridgehead atoms. The second kappa shape index (κ2) is 6.19. The van der Waals surface area contributed by atoms with Gasteiger partial charge in [0.15, 0.2) is 0 Å². The van der Waals surface area contributed by atoms with E-state index in [1.54, 1.807) is 11.7 Å². The van der Waals surface area contributed by atoms with Crippen molar-refractivity contribution in [2.45, 2.75) is 51.6 Å². The van der Waals surface area contributed by atoms with Crippen LogP contribution in [0.4, 0.5) is 0 Å². The molecular formula is C14H23N3O2. The Morgan fingerprint density at radius 1 is 1.58 bits per heavy atom. The van der Waals surface area contributed by atoms with Crippen LogP contribution in [0.25, 0.3) is 0 Å². The van der Waals surface area contributed by atoms with E-state index < -0.39 is 5.97 Å². The summed E-state index contributed by atoms with van der Waals surface area (Å²) in [5.41, 5.74) is 1.06. The fourth-order valence-corrected chi connectivity index (χ4v) is 2.94. The average Bonchev–Trinajstić information content (AvgIpc) is 2.78. The molecule has 2 unspecified atom stereocenters. The first-order valence-corrected chi connectivity index (χ1v) is 7.09. The van der Waals surface area contributed by atoms with Crippen LogP contribution in [0.3, 0.4) is 0 Å². The van der Waals surface area contributed by atoms with Gasteiger partial charge in [-0.1, -0.05) is 26.2 Å². The van der Waals surface area contributed by atoms with Gasteiger partial charge in [0.25, 0.3) is 0 Å². The van der Waals surface area contributed by atoms with Gasteiger partial charge in [0.1, 0.15) is 5.56 Å². The third-order valence-corrected chi connectivity index (χ3v) is 4.21. The van der Waals surface area contributed by atoms with Crippen molar-refractivity contribution in [3.05, 3.63) is 17.5 Å². The van der Waals surface area contributed by atoms with Crippen molar-refractivity contribution in [3.8, 4) is 0 Å². The van der Waals surface area contributed by atoms with E-state index in [2.05, 4.69) is 17.3 Å². The SMILES string of the molecule is CCC1CCCC(NCc2c(C(=O)O)cnn2C)C1. The zero-order valence-corrected chi connectivity index (χ0v) is 11.7. The van der Waals surface area contributed by atoms with E-state index in [0.29, 0.717) is 18.2 Å². The van der Waals surface area contributed by atoms with Crippen LogP contribution in [0.2, 0.25) is 0 Å². The molecule has 2 atom stereocenters. The van der Waals surface area contributed by atoms with Gasteiger partial charge in [-0.2, -0.15) is 5.10 Å². The van der Waals surface area contributed by atoms with Crippen molar-refractivity contribution >= 4 is 5.97 Å². The zero-order valence-electron chi connectivity index (χ0n) is 11.7. The van der Waals surface area contributed by atoms with Crippen molar-refractivity contribution in [2.24, 2.45) is 13.0 Å². The van der Waals surface area contributed by atoms with Gasteiger partial charge in [0.05, 0.1) is 11.9 Å². The van der Waals surface area contributed by atoms with E-state index in [9.17, 15) is 4.79 Å². The Balaban J connectivity index is 1.95. The largest absolute Gasteiger partial charge is 0.478 e. The number of nitrogens with zero attached hydrogens (tertiary/aromatic N) is 2.